The van der Waals surface area contributed by atoms with Crippen molar-refractivity contribution >= 4 is 42.0 Å². The fourth-order valence-corrected chi connectivity index (χ4v) is 3.17. The van der Waals surface area contributed by atoms with Crippen LogP contribution in [0.4, 0.5) is 0 Å². The summed E-state index contributed by atoms with van der Waals surface area (Å²) in [5.74, 6) is 1.13. The number of thiophene rings is 1. The van der Waals surface area contributed by atoms with E-state index >= 15 is 0 Å². The van der Waals surface area contributed by atoms with Gasteiger partial charge in [-0.2, -0.15) is 0 Å². The third-order valence-electron chi connectivity index (χ3n) is 3.02. The average Bonchev–Trinajstić information content (AvgIpc) is 2.94. The maximum Gasteiger partial charge on any atom is 0.178 e. The number of nitrogens with zero attached hydrogens (tertiary/aromatic N) is 2. The zero-order valence-electron chi connectivity index (χ0n) is 10.1. The summed E-state index contributed by atoms with van der Waals surface area (Å²) in [6, 6.07) is 0. The van der Waals surface area contributed by atoms with E-state index in [-0.39, 0.29) is 24.8 Å². The van der Waals surface area contributed by atoms with Crippen LogP contribution in [-0.2, 0) is 13.1 Å². The largest absolute Gasteiger partial charge is 0.487 e. The minimum Gasteiger partial charge on any atom is -0.487 e. The first-order valence-corrected chi connectivity index (χ1v) is 6.37. The highest BCUT2D eigenvalue weighted by atomic mass is 35.5. The van der Waals surface area contributed by atoms with Gasteiger partial charge < -0.3 is 10.1 Å². The van der Waals surface area contributed by atoms with Crippen molar-refractivity contribution in [1.29, 1.82) is 0 Å². The number of nitrogens with one attached hydrogen (secondary N) is 1. The van der Waals surface area contributed by atoms with Crippen LogP contribution in [0.1, 0.15) is 11.1 Å². The van der Waals surface area contributed by atoms with Crippen molar-refractivity contribution in [2.45, 2.75) is 13.1 Å². The van der Waals surface area contributed by atoms with Gasteiger partial charge in [-0.05, 0) is 10.9 Å². The number of methoxy groups -OCH3 is 1. The Kier molecular flexibility index (Phi) is 5.72. The summed E-state index contributed by atoms with van der Waals surface area (Å²) < 4.78 is 5.36. The van der Waals surface area contributed by atoms with E-state index in [2.05, 4.69) is 20.6 Å². The zero-order valence-corrected chi connectivity index (χ0v) is 12.6. The van der Waals surface area contributed by atoms with E-state index in [1.807, 2.05) is 0 Å². The van der Waals surface area contributed by atoms with Gasteiger partial charge in [0.2, 0.25) is 0 Å². The molecule has 2 aliphatic rings. The Morgan fingerprint density at radius 1 is 1.44 bits per heavy atom. The predicted octanol–water partition coefficient (Wildman–Crippen LogP) is 1.92. The maximum atomic E-state index is 5.36. The number of ether oxygens (including phenoxy) is 1. The molecule has 0 unspecified atom stereocenters. The highest BCUT2D eigenvalue weighted by molar-refractivity contribution is 7.12. The lowest BCUT2D eigenvalue weighted by Crippen LogP contribution is -2.31. The molecule has 3 rings (SSSR count). The fourth-order valence-electron chi connectivity index (χ4n) is 2.26. The van der Waals surface area contributed by atoms with Crippen LogP contribution in [0.3, 0.4) is 0 Å². The second-order valence-corrected chi connectivity index (χ2v) is 4.97. The zero-order chi connectivity index (χ0) is 11.0. The van der Waals surface area contributed by atoms with Crippen LogP contribution in [0, 0.1) is 0 Å². The molecule has 0 amide bonds. The van der Waals surface area contributed by atoms with Gasteiger partial charge in [-0.3, -0.25) is 9.89 Å². The van der Waals surface area contributed by atoms with Crippen molar-refractivity contribution in [3.05, 3.63) is 16.5 Å². The predicted molar refractivity (Wildman–Crippen MR) is 79.8 cm³/mol. The number of amidine groups is 1. The number of aliphatic imine (C=N–C) groups is 1. The molecule has 1 aromatic heterocycles. The van der Waals surface area contributed by atoms with Crippen LogP contribution >= 0.6 is 36.2 Å². The molecule has 7 heteroatoms. The quantitative estimate of drug-likeness (QED) is 0.927. The Balaban J connectivity index is 0.000000810. The van der Waals surface area contributed by atoms with Crippen LogP contribution in [0.5, 0.6) is 5.06 Å². The van der Waals surface area contributed by atoms with E-state index in [1.54, 1.807) is 18.4 Å². The maximum absolute atomic E-state index is 5.36. The highest BCUT2D eigenvalue weighted by Crippen LogP contribution is 2.36. The molecule has 0 saturated carbocycles. The second-order valence-electron chi connectivity index (χ2n) is 4.13. The van der Waals surface area contributed by atoms with Gasteiger partial charge in [0.1, 0.15) is 5.84 Å². The lowest BCUT2D eigenvalue weighted by atomic mass is 10.2. The first-order chi connectivity index (χ1) is 7.86. The number of hydrogen-bond acceptors (Lipinski definition) is 5. The van der Waals surface area contributed by atoms with E-state index < -0.39 is 0 Å². The number of hydrogen-bond donors (Lipinski definition) is 1. The minimum absolute atomic E-state index is 0. The first kappa shape index (κ1) is 15.6. The third-order valence-corrected chi connectivity index (χ3v) is 4.05. The van der Waals surface area contributed by atoms with Gasteiger partial charge in [-0.15, -0.1) is 36.2 Å². The van der Waals surface area contributed by atoms with E-state index in [1.165, 1.54) is 11.1 Å². The number of halogens is 2. The second kappa shape index (κ2) is 6.61. The lowest BCUT2D eigenvalue weighted by Gasteiger charge is -2.15. The topological polar surface area (TPSA) is 36.9 Å². The van der Waals surface area contributed by atoms with Crippen molar-refractivity contribution in [3.63, 3.8) is 0 Å². The summed E-state index contributed by atoms with van der Waals surface area (Å²) in [5, 5.41) is 6.59. The van der Waals surface area contributed by atoms with E-state index in [9.17, 15) is 0 Å². The van der Waals surface area contributed by atoms with Crippen molar-refractivity contribution in [1.82, 2.24) is 10.2 Å². The van der Waals surface area contributed by atoms with Gasteiger partial charge >= 0.3 is 0 Å². The van der Waals surface area contributed by atoms with Crippen LogP contribution in [0.15, 0.2) is 10.4 Å². The van der Waals surface area contributed by atoms with Crippen molar-refractivity contribution in [3.8, 4) is 5.06 Å². The molecule has 2 aliphatic heterocycles. The van der Waals surface area contributed by atoms with Gasteiger partial charge in [0, 0.05) is 25.2 Å². The number of rotatable bonds is 3. The molecule has 1 aromatic rings. The summed E-state index contributed by atoms with van der Waals surface area (Å²) in [7, 11) is 1.75. The average molecular weight is 310 g/mol. The van der Waals surface area contributed by atoms with Gasteiger partial charge in [0.15, 0.2) is 5.06 Å². The Morgan fingerprint density at radius 3 is 2.94 bits per heavy atom. The van der Waals surface area contributed by atoms with Gasteiger partial charge in [-0.1, -0.05) is 0 Å². The van der Waals surface area contributed by atoms with Crippen LogP contribution in [0.25, 0.3) is 0 Å². The Bertz CT molecular complexity index is 436. The molecule has 4 nitrogen and oxygen atoms in total. The molecule has 18 heavy (non-hydrogen) atoms. The Labute approximate surface area is 123 Å². The monoisotopic (exact) mass is 309 g/mol. The fraction of sp³-hybridized carbons (Fsp3) is 0.545. The number of fused-ring (bicyclic) bond motifs is 1. The van der Waals surface area contributed by atoms with Crippen molar-refractivity contribution in [2.24, 2.45) is 4.99 Å². The minimum atomic E-state index is 0. The molecule has 0 radical (unpaired) electrons. The molecule has 0 fully saturated rings. The van der Waals surface area contributed by atoms with Gasteiger partial charge in [-0.25, -0.2) is 0 Å². The summed E-state index contributed by atoms with van der Waals surface area (Å²) in [5.41, 5.74) is 2.78. The summed E-state index contributed by atoms with van der Waals surface area (Å²) in [6.45, 7) is 4.86. The van der Waals surface area contributed by atoms with Crippen molar-refractivity contribution < 1.29 is 4.74 Å². The molecule has 0 atom stereocenters. The Hall–Kier alpha value is -0.490. The molecule has 0 aromatic carbocycles. The third kappa shape index (κ3) is 2.91. The normalized spacial score (nSPS) is 17.3. The molecule has 0 saturated heterocycles. The molecule has 0 aliphatic carbocycles. The van der Waals surface area contributed by atoms with Crippen molar-refractivity contribution in [2.75, 3.05) is 26.7 Å². The van der Waals surface area contributed by atoms with Crippen LogP contribution in [-0.4, -0.2) is 37.5 Å². The standard InChI is InChI=1S/C11H15N3OS.2ClH/c1-15-11-9-5-14(4-8(9)7-16-11)6-10-12-2-3-13-10;;/h7H,2-6H2,1H3,(H,12,13);2*1H. The van der Waals surface area contributed by atoms with Crippen LogP contribution in [0.2, 0.25) is 0 Å². The van der Waals surface area contributed by atoms with Gasteiger partial charge in [0.25, 0.3) is 0 Å². The smallest absolute Gasteiger partial charge is 0.178 e. The molecule has 102 valence electrons. The summed E-state index contributed by atoms with van der Waals surface area (Å²) >= 11 is 1.70. The summed E-state index contributed by atoms with van der Waals surface area (Å²) in [4.78, 5) is 6.82. The van der Waals surface area contributed by atoms with Crippen LogP contribution < -0.4 is 10.1 Å². The lowest BCUT2D eigenvalue weighted by molar-refractivity contribution is 0.320. The molecule has 0 bridgehead atoms. The van der Waals surface area contributed by atoms with Gasteiger partial charge in [0.05, 0.1) is 20.2 Å². The first-order valence-electron chi connectivity index (χ1n) is 5.49. The molecule has 1 N–H and O–H groups in total. The SMILES string of the molecule is COc1scc2c1CN(CC1=NCCN1)C2.Cl.Cl. The molecule has 0 spiro atoms. The van der Waals surface area contributed by atoms with E-state index in [0.717, 1.165) is 43.6 Å². The highest BCUT2D eigenvalue weighted by Gasteiger charge is 2.25. The summed E-state index contributed by atoms with van der Waals surface area (Å²) in [6.07, 6.45) is 0. The molecular formula is C11H17Cl2N3OS. The van der Waals surface area contributed by atoms with E-state index in [0.29, 0.717) is 0 Å². The molecular weight excluding hydrogens is 293 g/mol. The van der Waals surface area contributed by atoms with E-state index in [4.69, 9.17) is 4.74 Å². The molecule has 3 heterocycles. The Morgan fingerprint density at radius 2 is 2.28 bits per heavy atom.